The van der Waals surface area contributed by atoms with Gasteiger partial charge in [0.1, 0.15) is 11.3 Å². The smallest absolute Gasteiger partial charge is 0.184 e. The molecule has 1 aliphatic carbocycles. The number of rotatable bonds is 4. The number of hydrogen-bond donors (Lipinski definition) is 0. The standard InChI is InChI=1S/C15H17ClF2N2/c1-2-15(7-3-8-15)20-12(6-9-16)19-11-5-4-10(17)13(18)14(11)20/h4-5H,2-3,6-9H2,1H3. The minimum Gasteiger partial charge on any atom is -0.319 e. The maximum Gasteiger partial charge on any atom is 0.184 e. The van der Waals surface area contributed by atoms with Crippen LogP contribution in [0.15, 0.2) is 12.1 Å². The van der Waals surface area contributed by atoms with Gasteiger partial charge in [0, 0.05) is 17.8 Å². The number of nitrogens with zero attached hydrogens (tertiary/aromatic N) is 2. The average Bonchev–Trinajstić information content (AvgIpc) is 2.74. The Morgan fingerprint density at radius 2 is 2.10 bits per heavy atom. The van der Waals surface area contributed by atoms with Crippen molar-refractivity contribution < 1.29 is 8.78 Å². The van der Waals surface area contributed by atoms with Gasteiger partial charge in [0.25, 0.3) is 0 Å². The topological polar surface area (TPSA) is 17.8 Å². The molecule has 1 saturated carbocycles. The van der Waals surface area contributed by atoms with Crippen molar-refractivity contribution in [1.29, 1.82) is 0 Å². The van der Waals surface area contributed by atoms with Crippen molar-refractivity contribution in [2.45, 2.75) is 44.6 Å². The van der Waals surface area contributed by atoms with Crippen LogP contribution >= 0.6 is 11.6 Å². The van der Waals surface area contributed by atoms with E-state index in [1.165, 1.54) is 0 Å². The molecule has 5 heteroatoms. The molecular formula is C15H17ClF2N2. The fraction of sp³-hybridized carbons (Fsp3) is 0.533. The minimum atomic E-state index is -0.818. The molecule has 0 spiro atoms. The van der Waals surface area contributed by atoms with Crippen LogP contribution in [-0.4, -0.2) is 15.4 Å². The molecule has 1 aromatic heterocycles. The van der Waals surface area contributed by atoms with E-state index in [1.807, 2.05) is 4.57 Å². The molecule has 1 fully saturated rings. The summed E-state index contributed by atoms with van der Waals surface area (Å²) in [6.45, 7) is 2.09. The summed E-state index contributed by atoms with van der Waals surface area (Å²) in [6, 6.07) is 2.68. The second-order valence-electron chi connectivity index (χ2n) is 5.46. The Labute approximate surface area is 121 Å². The van der Waals surface area contributed by atoms with Crippen molar-refractivity contribution in [3.8, 4) is 0 Å². The summed E-state index contributed by atoms with van der Waals surface area (Å²) < 4.78 is 29.8. The van der Waals surface area contributed by atoms with E-state index in [9.17, 15) is 8.78 Å². The summed E-state index contributed by atoms with van der Waals surface area (Å²) in [5, 5.41) is 0. The molecule has 0 aliphatic heterocycles. The van der Waals surface area contributed by atoms with E-state index in [1.54, 1.807) is 6.07 Å². The summed E-state index contributed by atoms with van der Waals surface area (Å²) in [4.78, 5) is 4.47. The zero-order chi connectivity index (χ0) is 14.3. The van der Waals surface area contributed by atoms with E-state index in [0.717, 1.165) is 37.6 Å². The van der Waals surface area contributed by atoms with Crippen LogP contribution in [0.3, 0.4) is 0 Å². The molecule has 0 atom stereocenters. The van der Waals surface area contributed by atoms with Gasteiger partial charge in [0.15, 0.2) is 11.6 Å². The van der Waals surface area contributed by atoms with Crippen LogP contribution in [0.25, 0.3) is 11.0 Å². The predicted octanol–water partition coefficient (Wildman–Crippen LogP) is 4.39. The lowest BCUT2D eigenvalue weighted by Crippen LogP contribution is -2.41. The summed E-state index contributed by atoms with van der Waals surface area (Å²) >= 11 is 5.84. The van der Waals surface area contributed by atoms with Crippen LogP contribution in [-0.2, 0) is 12.0 Å². The summed E-state index contributed by atoms with van der Waals surface area (Å²) in [5.74, 6) is -0.425. The lowest BCUT2D eigenvalue weighted by Gasteiger charge is -2.44. The first-order chi connectivity index (χ1) is 9.63. The highest BCUT2D eigenvalue weighted by atomic mass is 35.5. The summed E-state index contributed by atoms with van der Waals surface area (Å²) in [7, 11) is 0. The molecule has 1 aliphatic rings. The first-order valence-corrected chi connectivity index (χ1v) is 7.58. The van der Waals surface area contributed by atoms with Crippen LogP contribution in [0.2, 0.25) is 0 Å². The Morgan fingerprint density at radius 1 is 1.35 bits per heavy atom. The van der Waals surface area contributed by atoms with Gasteiger partial charge < -0.3 is 4.57 Å². The van der Waals surface area contributed by atoms with Gasteiger partial charge in [-0.05, 0) is 37.8 Å². The second kappa shape index (κ2) is 4.99. The van der Waals surface area contributed by atoms with E-state index in [0.29, 0.717) is 23.3 Å². The van der Waals surface area contributed by atoms with Gasteiger partial charge in [-0.15, -0.1) is 11.6 Å². The van der Waals surface area contributed by atoms with Crippen molar-refractivity contribution in [2.75, 3.05) is 5.88 Å². The highest BCUT2D eigenvalue weighted by Gasteiger charge is 2.40. The maximum absolute atomic E-state index is 14.3. The van der Waals surface area contributed by atoms with Crippen LogP contribution in [0.4, 0.5) is 8.78 Å². The first-order valence-electron chi connectivity index (χ1n) is 7.05. The van der Waals surface area contributed by atoms with Crippen molar-refractivity contribution in [1.82, 2.24) is 9.55 Å². The fourth-order valence-electron chi connectivity index (χ4n) is 3.23. The first kappa shape index (κ1) is 13.8. The Bertz CT molecular complexity index is 641. The Hall–Kier alpha value is -1.16. The molecular weight excluding hydrogens is 282 g/mol. The number of hydrogen-bond acceptors (Lipinski definition) is 1. The lowest BCUT2D eigenvalue weighted by atomic mass is 9.74. The van der Waals surface area contributed by atoms with E-state index < -0.39 is 11.6 Å². The number of imidazole rings is 1. The van der Waals surface area contributed by atoms with Crippen molar-refractivity contribution in [3.63, 3.8) is 0 Å². The van der Waals surface area contributed by atoms with Gasteiger partial charge in [-0.1, -0.05) is 6.92 Å². The monoisotopic (exact) mass is 298 g/mol. The largest absolute Gasteiger partial charge is 0.319 e. The predicted molar refractivity (Wildman–Crippen MR) is 76.2 cm³/mol. The summed E-state index contributed by atoms with van der Waals surface area (Å²) in [6.07, 6.45) is 4.55. The van der Waals surface area contributed by atoms with Crippen molar-refractivity contribution in [2.24, 2.45) is 0 Å². The SMILES string of the molecule is CCC1(n2c(CCCl)nc3ccc(F)c(F)c32)CCC1. The molecule has 0 radical (unpaired) electrons. The van der Waals surface area contributed by atoms with Gasteiger partial charge in [-0.25, -0.2) is 13.8 Å². The number of benzene rings is 1. The number of alkyl halides is 1. The quantitative estimate of drug-likeness (QED) is 0.766. The van der Waals surface area contributed by atoms with Crippen LogP contribution in [0.1, 0.15) is 38.4 Å². The fourth-order valence-corrected chi connectivity index (χ4v) is 3.40. The molecule has 0 saturated heterocycles. The van der Waals surface area contributed by atoms with Gasteiger partial charge >= 0.3 is 0 Å². The molecule has 108 valence electrons. The molecule has 1 heterocycles. The third-order valence-corrected chi connectivity index (χ3v) is 4.70. The number of aryl methyl sites for hydroxylation is 1. The van der Waals surface area contributed by atoms with Gasteiger partial charge in [-0.2, -0.15) is 0 Å². The highest BCUT2D eigenvalue weighted by Crippen LogP contribution is 2.45. The average molecular weight is 299 g/mol. The molecule has 20 heavy (non-hydrogen) atoms. The molecule has 0 unspecified atom stereocenters. The second-order valence-corrected chi connectivity index (χ2v) is 5.84. The molecule has 0 amide bonds. The van der Waals surface area contributed by atoms with Crippen LogP contribution in [0.5, 0.6) is 0 Å². The third-order valence-electron chi connectivity index (χ3n) is 4.51. The molecule has 3 rings (SSSR count). The van der Waals surface area contributed by atoms with Crippen LogP contribution < -0.4 is 0 Å². The van der Waals surface area contributed by atoms with E-state index in [2.05, 4.69) is 11.9 Å². The highest BCUT2D eigenvalue weighted by molar-refractivity contribution is 6.17. The minimum absolute atomic E-state index is 0.120. The lowest BCUT2D eigenvalue weighted by molar-refractivity contribution is 0.137. The molecule has 2 nitrogen and oxygen atoms in total. The number of aromatic nitrogens is 2. The van der Waals surface area contributed by atoms with Crippen molar-refractivity contribution >= 4 is 22.6 Å². The third kappa shape index (κ3) is 1.85. The summed E-state index contributed by atoms with van der Waals surface area (Å²) in [5.41, 5.74) is 0.695. The zero-order valence-electron chi connectivity index (χ0n) is 11.4. The van der Waals surface area contributed by atoms with E-state index in [4.69, 9.17) is 11.6 Å². The van der Waals surface area contributed by atoms with E-state index >= 15 is 0 Å². The number of halogens is 3. The molecule has 2 aromatic rings. The maximum atomic E-state index is 14.3. The number of fused-ring (bicyclic) bond motifs is 1. The Kier molecular flexibility index (Phi) is 3.44. The zero-order valence-corrected chi connectivity index (χ0v) is 12.2. The molecule has 0 N–H and O–H groups in total. The normalized spacial score (nSPS) is 17.4. The van der Waals surface area contributed by atoms with Crippen molar-refractivity contribution in [3.05, 3.63) is 29.6 Å². The molecule has 1 aromatic carbocycles. The molecule has 0 bridgehead atoms. The Morgan fingerprint density at radius 3 is 2.65 bits per heavy atom. The van der Waals surface area contributed by atoms with Gasteiger partial charge in [0.2, 0.25) is 0 Å². The van der Waals surface area contributed by atoms with Crippen LogP contribution in [0, 0.1) is 11.6 Å². The van der Waals surface area contributed by atoms with Gasteiger partial charge in [-0.3, -0.25) is 0 Å². The van der Waals surface area contributed by atoms with Gasteiger partial charge in [0.05, 0.1) is 5.52 Å². The van der Waals surface area contributed by atoms with E-state index in [-0.39, 0.29) is 5.54 Å². The Balaban J connectivity index is 2.30.